The van der Waals surface area contributed by atoms with Crippen molar-refractivity contribution in [2.45, 2.75) is 0 Å². The van der Waals surface area contributed by atoms with E-state index in [4.69, 9.17) is 27.9 Å². The van der Waals surface area contributed by atoms with E-state index in [0.29, 0.717) is 0 Å². The van der Waals surface area contributed by atoms with E-state index in [0.717, 1.165) is 0 Å². The summed E-state index contributed by atoms with van der Waals surface area (Å²) in [7, 11) is 2.61. The van der Waals surface area contributed by atoms with Crippen molar-refractivity contribution in [3.05, 3.63) is 21.9 Å². The number of rotatable bonds is 2. The smallest absolute Gasteiger partial charge is 0.360 e. The molecule has 6 heteroatoms. The Morgan fingerprint density at radius 2 is 2.07 bits per heavy atom. The van der Waals surface area contributed by atoms with Crippen LogP contribution in [0.2, 0.25) is 10.2 Å². The van der Waals surface area contributed by atoms with Gasteiger partial charge in [0.1, 0.15) is 5.15 Å². The van der Waals surface area contributed by atoms with E-state index in [1.807, 2.05) is 0 Å². The Morgan fingerprint density at radius 3 is 2.57 bits per heavy atom. The summed E-state index contributed by atoms with van der Waals surface area (Å²) in [6, 6.07) is 1.38. The van der Waals surface area contributed by atoms with Gasteiger partial charge in [0.05, 0.1) is 19.2 Å². The van der Waals surface area contributed by atoms with E-state index in [-0.39, 0.29) is 21.6 Å². The number of methoxy groups -OCH3 is 2. The summed E-state index contributed by atoms with van der Waals surface area (Å²) >= 11 is 11.4. The Bertz CT molecular complexity index is 368. The van der Waals surface area contributed by atoms with Crippen molar-refractivity contribution in [3.63, 3.8) is 0 Å². The molecule has 4 nitrogen and oxygen atoms in total. The minimum atomic E-state index is -0.647. The molecule has 1 rings (SSSR count). The summed E-state index contributed by atoms with van der Waals surface area (Å²) in [5.74, 6) is -0.492. The number of pyridine rings is 1. The van der Waals surface area contributed by atoms with Crippen LogP contribution in [0, 0.1) is 0 Å². The van der Waals surface area contributed by atoms with Crippen molar-refractivity contribution in [1.82, 2.24) is 4.98 Å². The lowest BCUT2D eigenvalue weighted by atomic mass is 10.3. The quantitative estimate of drug-likeness (QED) is 0.583. The summed E-state index contributed by atoms with van der Waals surface area (Å²) in [6.45, 7) is 0. The maximum absolute atomic E-state index is 11.2. The van der Waals surface area contributed by atoms with Gasteiger partial charge in [0.15, 0.2) is 11.4 Å². The fourth-order valence-electron chi connectivity index (χ4n) is 0.902. The van der Waals surface area contributed by atoms with E-state index < -0.39 is 5.97 Å². The summed E-state index contributed by atoms with van der Waals surface area (Å²) in [5.41, 5.74) is -0.0347. The molecule has 0 saturated carbocycles. The number of carbonyl (C=O) groups excluding carboxylic acids is 1. The van der Waals surface area contributed by atoms with Gasteiger partial charge in [-0.05, 0) is 6.07 Å². The standard InChI is InChI=1S/C8H7Cl2NO3/c1-13-7-4(9)3-5(10)11-6(7)8(12)14-2/h3H,1-2H3. The molecule has 14 heavy (non-hydrogen) atoms. The zero-order valence-corrected chi connectivity index (χ0v) is 9.02. The number of nitrogens with zero attached hydrogens (tertiary/aromatic N) is 1. The topological polar surface area (TPSA) is 48.4 Å². The van der Waals surface area contributed by atoms with E-state index in [1.165, 1.54) is 20.3 Å². The molecule has 0 atom stereocenters. The molecule has 0 spiro atoms. The van der Waals surface area contributed by atoms with E-state index in [1.54, 1.807) is 0 Å². The van der Waals surface area contributed by atoms with Crippen molar-refractivity contribution in [3.8, 4) is 5.75 Å². The molecule has 0 saturated heterocycles. The summed E-state index contributed by atoms with van der Waals surface area (Å²) in [6.07, 6.45) is 0. The molecular formula is C8H7Cl2NO3. The second-order valence-corrected chi connectivity index (χ2v) is 3.09. The molecule has 0 N–H and O–H groups in total. The van der Waals surface area contributed by atoms with Crippen LogP contribution in [0.3, 0.4) is 0 Å². The number of hydrogen-bond donors (Lipinski definition) is 0. The van der Waals surface area contributed by atoms with E-state index in [2.05, 4.69) is 9.72 Å². The van der Waals surface area contributed by atoms with Crippen LogP contribution in [-0.2, 0) is 4.74 Å². The van der Waals surface area contributed by atoms with Crippen LogP contribution in [0.1, 0.15) is 10.5 Å². The maximum atomic E-state index is 11.2. The number of halogens is 2. The Hall–Kier alpha value is -1.00. The lowest BCUT2D eigenvalue weighted by molar-refractivity contribution is 0.0590. The van der Waals surface area contributed by atoms with Gasteiger partial charge in [-0.25, -0.2) is 9.78 Å². The van der Waals surface area contributed by atoms with Crippen LogP contribution in [0.4, 0.5) is 0 Å². The molecule has 0 aliphatic heterocycles. The highest BCUT2D eigenvalue weighted by atomic mass is 35.5. The average molecular weight is 236 g/mol. The second-order valence-electron chi connectivity index (χ2n) is 2.30. The molecule has 0 unspecified atom stereocenters. The molecule has 1 heterocycles. The molecule has 76 valence electrons. The summed E-state index contributed by atoms with van der Waals surface area (Å²) < 4.78 is 9.39. The predicted octanol–water partition coefficient (Wildman–Crippen LogP) is 2.18. The van der Waals surface area contributed by atoms with Gasteiger partial charge < -0.3 is 9.47 Å². The lowest BCUT2D eigenvalue weighted by Crippen LogP contribution is -2.07. The maximum Gasteiger partial charge on any atom is 0.360 e. The molecule has 1 aromatic rings. The molecule has 0 fully saturated rings. The average Bonchev–Trinajstić information content (AvgIpc) is 2.15. The van der Waals surface area contributed by atoms with E-state index >= 15 is 0 Å². The second kappa shape index (κ2) is 4.48. The number of esters is 1. The van der Waals surface area contributed by atoms with Crippen LogP contribution in [-0.4, -0.2) is 25.2 Å². The third-order valence-corrected chi connectivity index (χ3v) is 1.95. The summed E-state index contributed by atoms with van der Waals surface area (Å²) in [4.78, 5) is 15.0. The van der Waals surface area contributed by atoms with Crippen molar-refractivity contribution in [1.29, 1.82) is 0 Å². The van der Waals surface area contributed by atoms with Gasteiger partial charge in [-0.3, -0.25) is 0 Å². The number of aromatic nitrogens is 1. The zero-order chi connectivity index (χ0) is 10.7. The zero-order valence-electron chi connectivity index (χ0n) is 7.51. The van der Waals surface area contributed by atoms with Crippen molar-refractivity contribution < 1.29 is 14.3 Å². The fraction of sp³-hybridized carbons (Fsp3) is 0.250. The fourth-order valence-corrected chi connectivity index (χ4v) is 1.42. The minimum Gasteiger partial charge on any atom is -0.493 e. The van der Waals surface area contributed by atoms with Crippen LogP contribution < -0.4 is 4.74 Å². The molecule has 0 amide bonds. The Morgan fingerprint density at radius 1 is 1.43 bits per heavy atom. The third-order valence-electron chi connectivity index (χ3n) is 1.48. The molecule has 1 aromatic heterocycles. The number of hydrogen-bond acceptors (Lipinski definition) is 4. The van der Waals surface area contributed by atoms with Gasteiger partial charge in [-0.15, -0.1) is 0 Å². The Labute approximate surface area is 90.7 Å². The molecule has 0 bridgehead atoms. The summed E-state index contributed by atoms with van der Waals surface area (Å²) in [5, 5.41) is 0.323. The molecule has 0 aliphatic carbocycles. The Balaban J connectivity index is 3.32. The normalized spacial score (nSPS) is 9.71. The molecular weight excluding hydrogens is 229 g/mol. The first kappa shape index (κ1) is 11.1. The van der Waals surface area contributed by atoms with E-state index in [9.17, 15) is 4.79 Å². The lowest BCUT2D eigenvalue weighted by Gasteiger charge is -2.07. The third kappa shape index (κ3) is 2.08. The van der Waals surface area contributed by atoms with Gasteiger partial charge in [-0.1, -0.05) is 23.2 Å². The van der Waals surface area contributed by atoms with Gasteiger partial charge in [0.25, 0.3) is 0 Å². The predicted molar refractivity (Wildman–Crippen MR) is 52.1 cm³/mol. The first-order chi connectivity index (χ1) is 6.60. The van der Waals surface area contributed by atoms with Gasteiger partial charge >= 0.3 is 5.97 Å². The van der Waals surface area contributed by atoms with Crippen LogP contribution in [0.5, 0.6) is 5.75 Å². The highest BCUT2D eigenvalue weighted by molar-refractivity contribution is 6.35. The van der Waals surface area contributed by atoms with Gasteiger partial charge in [0, 0.05) is 0 Å². The first-order valence-electron chi connectivity index (χ1n) is 3.58. The largest absolute Gasteiger partial charge is 0.493 e. The molecule has 0 radical (unpaired) electrons. The highest BCUT2D eigenvalue weighted by Crippen LogP contribution is 2.29. The monoisotopic (exact) mass is 235 g/mol. The van der Waals surface area contributed by atoms with Crippen molar-refractivity contribution in [2.75, 3.05) is 14.2 Å². The number of carbonyl (C=O) groups is 1. The van der Waals surface area contributed by atoms with Crippen LogP contribution in [0.15, 0.2) is 6.07 Å². The van der Waals surface area contributed by atoms with Crippen molar-refractivity contribution in [2.24, 2.45) is 0 Å². The minimum absolute atomic E-state index is 0.0347. The SMILES string of the molecule is COC(=O)c1nc(Cl)cc(Cl)c1OC. The first-order valence-corrected chi connectivity index (χ1v) is 4.34. The molecule has 0 aromatic carbocycles. The highest BCUT2D eigenvalue weighted by Gasteiger charge is 2.18. The van der Waals surface area contributed by atoms with Crippen molar-refractivity contribution >= 4 is 29.2 Å². The van der Waals surface area contributed by atoms with Crippen LogP contribution in [0.25, 0.3) is 0 Å². The van der Waals surface area contributed by atoms with Gasteiger partial charge in [0.2, 0.25) is 0 Å². The van der Waals surface area contributed by atoms with Gasteiger partial charge in [-0.2, -0.15) is 0 Å². The Kier molecular flexibility index (Phi) is 3.55. The molecule has 0 aliphatic rings. The number of ether oxygens (including phenoxy) is 2. The van der Waals surface area contributed by atoms with Crippen LogP contribution >= 0.6 is 23.2 Å².